The maximum atomic E-state index is 13.1. The van der Waals surface area contributed by atoms with Gasteiger partial charge in [-0.25, -0.2) is 9.13 Å². The molecule has 0 saturated carbocycles. The summed E-state index contributed by atoms with van der Waals surface area (Å²) in [4.78, 5) is 72.8. The second-order valence-electron chi connectivity index (χ2n) is 23.7. The van der Waals surface area contributed by atoms with Gasteiger partial charge in [0.15, 0.2) is 12.2 Å². The molecule has 5 atom stereocenters. The number of ether oxygens (including phenoxy) is 4. The summed E-state index contributed by atoms with van der Waals surface area (Å²) in [5, 5.41) is 10.6. The zero-order valence-corrected chi connectivity index (χ0v) is 63.1. The molecule has 0 aromatic carbocycles. The van der Waals surface area contributed by atoms with E-state index in [2.05, 4.69) is 204 Å². The molecule has 19 heteroatoms. The van der Waals surface area contributed by atoms with Gasteiger partial charge >= 0.3 is 39.5 Å². The molecule has 0 amide bonds. The lowest BCUT2D eigenvalue weighted by Crippen LogP contribution is -2.30. The molecule has 0 rings (SSSR count). The van der Waals surface area contributed by atoms with Gasteiger partial charge in [-0.05, 0) is 173 Å². The predicted molar refractivity (Wildman–Crippen MR) is 408 cm³/mol. The first kappa shape index (κ1) is 94.2. The molecular formula is C81H128O17P2. The number of phosphoric ester groups is 2. The van der Waals surface area contributed by atoms with Crippen LogP contribution in [0.3, 0.4) is 0 Å². The third kappa shape index (κ3) is 70.6. The minimum atomic E-state index is -5.01. The Morgan fingerprint density at radius 1 is 0.280 bits per heavy atom. The molecule has 5 unspecified atom stereocenters. The van der Waals surface area contributed by atoms with Crippen molar-refractivity contribution in [3.05, 3.63) is 182 Å². The summed E-state index contributed by atoms with van der Waals surface area (Å²) >= 11 is 0. The summed E-state index contributed by atoms with van der Waals surface area (Å²) in [6.07, 6.45) is 84.8. The van der Waals surface area contributed by atoms with Gasteiger partial charge in [-0.2, -0.15) is 0 Å². The Morgan fingerprint density at radius 3 is 0.770 bits per heavy atom. The second kappa shape index (κ2) is 71.6. The number of carbonyl (C=O) groups excluding carboxylic acids is 4. The van der Waals surface area contributed by atoms with Crippen LogP contribution in [0.2, 0.25) is 0 Å². The predicted octanol–water partition coefficient (Wildman–Crippen LogP) is 21.2. The van der Waals surface area contributed by atoms with Gasteiger partial charge in [0, 0.05) is 25.7 Å². The smallest absolute Gasteiger partial charge is 0.462 e. The van der Waals surface area contributed by atoms with E-state index < -0.39 is 97.5 Å². The number of carbonyl (C=O) groups is 4. The molecular weight excluding hydrogens is 1310 g/mol. The molecule has 100 heavy (non-hydrogen) atoms. The van der Waals surface area contributed by atoms with Crippen LogP contribution in [0.4, 0.5) is 0 Å². The number of rotatable bonds is 67. The van der Waals surface area contributed by atoms with Crippen molar-refractivity contribution in [1.82, 2.24) is 0 Å². The lowest BCUT2D eigenvalue weighted by Gasteiger charge is -2.21. The third-order valence-electron chi connectivity index (χ3n) is 14.4. The first-order valence-corrected chi connectivity index (χ1v) is 40.0. The molecule has 0 fully saturated rings. The average Bonchev–Trinajstić information content (AvgIpc) is 1.01. The van der Waals surface area contributed by atoms with Gasteiger partial charge in [-0.1, -0.05) is 229 Å². The van der Waals surface area contributed by atoms with E-state index in [9.17, 15) is 43.2 Å². The summed E-state index contributed by atoms with van der Waals surface area (Å²) < 4.78 is 68.3. The third-order valence-corrected chi connectivity index (χ3v) is 16.3. The van der Waals surface area contributed by atoms with Crippen molar-refractivity contribution in [2.24, 2.45) is 0 Å². The van der Waals surface area contributed by atoms with Crippen molar-refractivity contribution in [1.29, 1.82) is 0 Å². The first-order chi connectivity index (χ1) is 48.7. The highest BCUT2D eigenvalue weighted by molar-refractivity contribution is 7.47. The van der Waals surface area contributed by atoms with Crippen molar-refractivity contribution in [2.45, 2.75) is 264 Å². The van der Waals surface area contributed by atoms with Crippen molar-refractivity contribution in [2.75, 3.05) is 39.6 Å². The second-order valence-corrected chi connectivity index (χ2v) is 26.6. The Balaban J connectivity index is 5.50. The Hall–Kier alpha value is -5.84. The van der Waals surface area contributed by atoms with Crippen LogP contribution in [0, 0.1) is 0 Å². The highest BCUT2D eigenvalue weighted by Gasteiger charge is 2.30. The quantitative estimate of drug-likeness (QED) is 0.0169. The topological polar surface area (TPSA) is 237 Å². The Bertz CT molecular complexity index is 2620. The van der Waals surface area contributed by atoms with Gasteiger partial charge in [0.25, 0.3) is 0 Å². The zero-order chi connectivity index (χ0) is 73.2. The lowest BCUT2D eigenvalue weighted by atomic mass is 10.1. The molecule has 0 aromatic rings. The number of phosphoric acid groups is 2. The van der Waals surface area contributed by atoms with Gasteiger partial charge in [-0.15, -0.1) is 0 Å². The Labute approximate surface area is 603 Å². The summed E-state index contributed by atoms with van der Waals surface area (Å²) in [6.45, 7) is 4.20. The maximum absolute atomic E-state index is 13.1. The molecule has 0 saturated heterocycles. The average molecular weight is 1440 g/mol. The summed E-state index contributed by atoms with van der Waals surface area (Å²) in [5.41, 5.74) is 0. The van der Waals surface area contributed by atoms with E-state index in [0.717, 1.165) is 161 Å². The van der Waals surface area contributed by atoms with E-state index in [0.29, 0.717) is 32.1 Å². The van der Waals surface area contributed by atoms with Gasteiger partial charge in [0.1, 0.15) is 19.3 Å². The molecule has 0 aliphatic heterocycles. The highest BCUT2D eigenvalue weighted by Crippen LogP contribution is 2.45. The van der Waals surface area contributed by atoms with Crippen LogP contribution in [-0.4, -0.2) is 96.7 Å². The molecule has 0 spiro atoms. The van der Waals surface area contributed by atoms with Gasteiger partial charge in [0.2, 0.25) is 0 Å². The molecule has 0 aromatic heterocycles. The fourth-order valence-corrected chi connectivity index (χ4v) is 10.4. The van der Waals surface area contributed by atoms with Crippen molar-refractivity contribution in [3.63, 3.8) is 0 Å². The number of hydrogen-bond donors (Lipinski definition) is 3. The van der Waals surface area contributed by atoms with E-state index in [4.69, 9.17) is 37.0 Å². The van der Waals surface area contributed by atoms with Crippen LogP contribution in [0.25, 0.3) is 0 Å². The number of aliphatic hydroxyl groups is 1. The van der Waals surface area contributed by atoms with Crippen LogP contribution in [0.15, 0.2) is 182 Å². The summed E-state index contributed by atoms with van der Waals surface area (Å²) in [6, 6.07) is 0. The molecule has 17 nitrogen and oxygen atoms in total. The van der Waals surface area contributed by atoms with Crippen LogP contribution in [0.1, 0.15) is 246 Å². The van der Waals surface area contributed by atoms with Gasteiger partial charge in [-0.3, -0.25) is 37.3 Å². The number of hydrogen-bond acceptors (Lipinski definition) is 15. The van der Waals surface area contributed by atoms with Crippen LogP contribution >= 0.6 is 15.6 Å². The summed E-state index contributed by atoms with van der Waals surface area (Å²) in [5.74, 6) is -2.36. The zero-order valence-electron chi connectivity index (χ0n) is 61.3. The minimum Gasteiger partial charge on any atom is -0.462 e. The van der Waals surface area contributed by atoms with E-state index in [1.807, 2.05) is 6.08 Å². The van der Waals surface area contributed by atoms with Crippen molar-refractivity contribution >= 4 is 39.5 Å². The Kier molecular flexibility index (Phi) is 67.4. The SMILES string of the molecule is CC/C=C\C/C=C\C/C=C\C/C=C\CCCCC(=O)OCC(COP(=O)(O)OCC(O)COP(=O)(O)OCC(COC(=O)CCCC/C=C\C/C=C\C/C=C\C/C=C\CC)OC(=O)CCCCCCC/C=C\C/C=C\C/C=C\CC)OC(=O)CCCC/C=C\C/C=C\C/C=C\C/C=C\CC. The number of aliphatic hydroxyl groups excluding tert-OH is 1. The highest BCUT2D eigenvalue weighted by atomic mass is 31.2. The summed E-state index contributed by atoms with van der Waals surface area (Å²) in [7, 11) is -10.0. The van der Waals surface area contributed by atoms with Crippen molar-refractivity contribution < 1.29 is 80.2 Å². The van der Waals surface area contributed by atoms with Gasteiger partial charge < -0.3 is 33.8 Å². The molecule has 0 aliphatic carbocycles. The normalized spacial score (nSPS) is 15.0. The molecule has 0 bridgehead atoms. The van der Waals surface area contributed by atoms with Crippen molar-refractivity contribution in [3.8, 4) is 0 Å². The van der Waals surface area contributed by atoms with E-state index >= 15 is 0 Å². The van der Waals surface area contributed by atoms with E-state index in [1.54, 1.807) is 0 Å². The van der Waals surface area contributed by atoms with Crippen LogP contribution < -0.4 is 0 Å². The number of allylic oxidation sites excluding steroid dienone is 30. The minimum absolute atomic E-state index is 0.0249. The fourth-order valence-electron chi connectivity index (χ4n) is 8.85. The molecule has 0 radical (unpaired) electrons. The molecule has 3 N–H and O–H groups in total. The van der Waals surface area contributed by atoms with E-state index in [1.165, 1.54) is 0 Å². The van der Waals surface area contributed by atoms with E-state index in [-0.39, 0.29) is 25.7 Å². The Morgan fingerprint density at radius 2 is 0.490 bits per heavy atom. The molecule has 0 heterocycles. The first-order valence-electron chi connectivity index (χ1n) is 37.0. The van der Waals surface area contributed by atoms with Crippen LogP contribution in [0.5, 0.6) is 0 Å². The molecule has 564 valence electrons. The van der Waals surface area contributed by atoms with Gasteiger partial charge in [0.05, 0.1) is 26.4 Å². The van der Waals surface area contributed by atoms with Crippen LogP contribution in [-0.2, 0) is 65.4 Å². The fraction of sp³-hybridized carbons (Fsp3) is 0.580. The molecule has 0 aliphatic rings. The standard InChI is InChI=1S/C81H128O17P2/c1-5-9-13-17-21-25-29-33-37-41-45-49-53-57-61-65-78(83)91-71-76(97-80(85)67-63-59-55-51-47-43-39-35-31-27-23-19-15-11-7-3)73-95-99(87,88)93-69-75(82)70-94-100(89,90)96-74-77(98-81(86)68-64-60-56-52-48-44-40-36-32-28-24-20-16-12-8-4)72-92-79(84)66-62-58-54-50-46-42-38-34-30-26-22-18-14-10-6-2/h9-16,21-28,33-40,45-47,49-51,75-77,82H,5-8,17-20,29-32,41-44,48,52-74H2,1-4H3,(H,87,88)(H,89,90)/b13-9-,14-10-,15-11-,16-12-,25-21-,26-22-,27-23-,28-24-,37-33-,38-34-,39-35-,40-36-,49-45-,50-46-,51-47-. The number of unbranched alkanes of at least 4 members (excludes halogenated alkanes) is 11. The maximum Gasteiger partial charge on any atom is 0.472 e. The lowest BCUT2D eigenvalue weighted by molar-refractivity contribution is -0.161. The number of esters is 4. The monoisotopic (exact) mass is 1430 g/mol. The largest absolute Gasteiger partial charge is 0.472 e.